The van der Waals surface area contributed by atoms with E-state index < -0.39 is 0 Å². The Labute approximate surface area is 105 Å². The normalized spacial score (nSPS) is 9.88. The van der Waals surface area contributed by atoms with Crippen molar-refractivity contribution in [3.05, 3.63) is 28.8 Å². The summed E-state index contributed by atoms with van der Waals surface area (Å²) in [5.74, 6) is 0.435. The molecule has 3 nitrogen and oxygen atoms in total. The molecule has 0 saturated carbocycles. The quantitative estimate of drug-likeness (QED) is 0.651. The van der Waals surface area contributed by atoms with Gasteiger partial charge < -0.3 is 10.5 Å². The fourth-order valence-electron chi connectivity index (χ4n) is 1.27. The Balaban J connectivity index is 2.88. The van der Waals surface area contributed by atoms with Crippen LogP contribution in [-0.4, -0.2) is 17.9 Å². The smallest absolute Gasteiger partial charge is 0.167 e. The third-order valence-corrected chi connectivity index (χ3v) is 2.50. The summed E-state index contributed by atoms with van der Waals surface area (Å²) in [5, 5.41) is 0.500. The fraction of sp³-hybridized carbons (Fsp3) is 0.273. The Morgan fingerprint density at radius 2 is 2.19 bits per heavy atom. The molecule has 0 aromatic heterocycles. The highest BCUT2D eigenvalue weighted by Gasteiger charge is 2.12. The average molecular weight is 258 g/mol. The zero-order valence-corrected chi connectivity index (χ0v) is 10.4. The minimum Gasteiger partial charge on any atom is -0.496 e. The largest absolute Gasteiger partial charge is 0.496 e. The number of methoxy groups -OCH3 is 1. The number of nitrogens with two attached hydrogens (primary N) is 1. The molecule has 0 bridgehead atoms. The number of ether oxygens (including phenoxy) is 1. The van der Waals surface area contributed by atoms with Crippen LogP contribution in [0.3, 0.4) is 0 Å². The molecule has 0 saturated heterocycles. The summed E-state index contributed by atoms with van der Waals surface area (Å²) < 4.78 is 5.08. The van der Waals surface area contributed by atoms with Gasteiger partial charge in [-0.05, 0) is 18.2 Å². The average Bonchev–Trinajstić information content (AvgIpc) is 2.25. The highest BCUT2D eigenvalue weighted by Crippen LogP contribution is 2.24. The van der Waals surface area contributed by atoms with E-state index in [1.165, 1.54) is 7.11 Å². The number of ketones is 1. The summed E-state index contributed by atoms with van der Waals surface area (Å²) in [5.41, 5.74) is 5.81. The summed E-state index contributed by atoms with van der Waals surface area (Å²) in [7, 11) is 1.51. The third kappa shape index (κ3) is 3.47. The summed E-state index contributed by atoms with van der Waals surface area (Å²) >= 11 is 10.5. The topological polar surface area (TPSA) is 52.3 Å². The highest BCUT2D eigenvalue weighted by atomic mass is 35.5. The van der Waals surface area contributed by atoms with Gasteiger partial charge in [-0.1, -0.05) is 23.8 Å². The van der Waals surface area contributed by atoms with Crippen molar-refractivity contribution in [3.63, 3.8) is 0 Å². The summed E-state index contributed by atoms with van der Waals surface area (Å²) in [6, 6.07) is 4.92. The number of carbonyl (C=O) groups is 1. The van der Waals surface area contributed by atoms with Crippen molar-refractivity contribution in [1.82, 2.24) is 0 Å². The van der Waals surface area contributed by atoms with Gasteiger partial charge in [-0.25, -0.2) is 0 Å². The van der Waals surface area contributed by atoms with E-state index in [1.807, 2.05) is 0 Å². The Bertz CT molecular complexity index is 420. The number of halogens is 1. The van der Waals surface area contributed by atoms with E-state index in [0.29, 0.717) is 27.7 Å². The second kappa shape index (κ2) is 5.82. The molecular weight excluding hydrogens is 246 g/mol. The molecule has 16 heavy (non-hydrogen) atoms. The van der Waals surface area contributed by atoms with E-state index >= 15 is 0 Å². The molecule has 0 amide bonds. The first-order valence-corrected chi connectivity index (χ1v) is 5.48. The van der Waals surface area contributed by atoms with E-state index in [1.54, 1.807) is 18.2 Å². The van der Waals surface area contributed by atoms with Gasteiger partial charge in [0.2, 0.25) is 0 Å². The van der Waals surface area contributed by atoms with Crippen molar-refractivity contribution < 1.29 is 9.53 Å². The summed E-state index contributed by atoms with van der Waals surface area (Å²) in [6.45, 7) is 0. The number of hydrogen-bond acceptors (Lipinski definition) is 3. The Hall–Kier alpha value is -1.13. The standard InChI is InChI=1S/C11H12ClNO2S/c1-15-10-4-2-7(12)6-8(10)9(14)3-5-11(13)16/h2,4,6H,3,5H2,1H3,(H2,13,16). The Morgan fingerprint density at radius 3 is 2.75 bits per heavy atom. The first-order chi connectivity index (χ1) is 7.54. The van der Waals surface area contributed by atoms with Crippen LogP contribution in [0.25, 0.3) is 0 Å². The van der Waals surface area contributed by atoms with Crippen molar-refractivity contribution in [2.45, 2.75) is 12.8 Å². The molecule has 0 fully saturated rings. The van der Waals surface area contributed by atoms with Gasteiger partial charge in [-0.2, -0.15) is 0 Å². The van der Waals surface area contributed by atoms with Crippen molar-refractivity contribution >= 4 is 34.6 Å². The van der Waals surface area contributed by atoms with Crippen LogP contribution >= 0.6 is 23.8 Å². The van der Waals surface area contributed by atoms with Gasteiger partial charge in [0.25, 0.3) is 0 Å². The monoisotopic (exact) mass is 257 g/mol. The first-order valence-electron chi connectivity index (χ1n) is 4.69. The van der Waals surface area contributed by atoms with E-state index in [0.717, 1.165) is 0 Å². The molecule has 1 aromatic rings. The van der Waals surface area contributed by atoms with E-state index in [-0.39, 0.29) is 12.2 Å². The second-order valence-electron chi connectivity index (χ2n) is 3.23. The lowest BCUT2D eigenvalue weighted by atomic mass is 10.1. The van der Waals surface area contributed by atoms with Gasteiger partial charge in [0.1, 0.15) is 5.75 Å². The van der Waals surface area contributed by atoms with Gasteiger partial charge in [-0.15, -0.1) is 0 Å². The van der Waals surface area contributed by atoms with Gasteiger partial charge >= 0.3 is 0 Å². The molecule has 2 N–H and O–H groups in total. The molecule has 0 heterocycles. The molecule has 0 atom stereocenters. The third-order valence-electron chi connectivity index (χ3n) is 2.06. The summed E-state index contributed by atoms with van der Waals surface area (Å²) in [6.07, 6.45) is 0.663. The maximum Gasteiger partial charge on any atom is 0.167 e. The van der Waals surface area contributed by atoms with E-state index in [9.17, 15) is 4.79 Å². The molecule has 0 aliphatic rings. The molecule has 5 heteroatoms. The molecular formula is C11H12ClNO2S. The summed E-state index contributed by atoms with van der Waals surface area (Å²) in [4.78, 5) is 12.2. The molecule has 1 aromatic carbocycles. The van der Waals surface area contributed by atoms with Crippen molar-refractivity contribution in [2.24, 2.45) is 5.73 Å². The minimum absolute atomic E-state index is 0.0767. The zero-order chi connectivity index (χ0) is 12.1. The number of hydrogen-bond donors (Lipinski definition) is 1. The van der Waals surface area contributed by atoms with Crippen molar-refractivity contribution in [2.75, 3.05) is 7.11 Å². The van der Waals surface area contributed by atoms with Crippen molar-refractivity contribution in [3.8, 4) is 5.75 Å². The van der Waals surface area contributed by atoms with E-state index in [4.69, 9.17) is 34.3 Å². The maximum absolute atomic E-state index is 11.8. The molecule has 86 valence electrons. The number of rotatable bonds is 5. The predicted octanol–water partition coefficient (Wildman–Crippen LogP) is 2.60. The van der Waals surface area contributed by atoms with Crippen LogP contribution < -0.4 is 10.5 Å². The van der Waals surface area contributed by atoms with Crippen LogP contribution in [0.2, 0.25) is 5.02 Å². The number of benzene rings is 1. The molecule has 0 aliphatic carbocycles. The number of thiocarbonyl (C=S) groups is 1. The maximum atomic E-state index is 11.8. The fourth-order valence-corrected chi connectivity index (χ4v) is 1.54. The van der Waals surface area contributed by atoms with Crippen LogP contribution in [0, 0.1) is 0 Å². The van der Waals surface area contributed by atoms with Crippen LogP contribution in [0.5, 0.6) is 5.75 Å². The number of Topliss-reactive ketones (excluding diaryl/α,β-unsaturated/α-hetero) is 1. The molecule has 0 aliphatic heterocycles. The van der Waals surface area contributed by atoms with Gasteiger partial charge in [0.15, 0.2) is 5.78 Å². The van der Waals surface area contributed by atoms with Gasteiger partial charge in [0.05, 0.1) is 17.7 Å². The van der Waals surface area contributed by atoms with Crippen LogP contribution in [0.15, 0.2) is 18.2 Å². The number of carbonyl (C=O) groups excluding carboxylic acids is 1. The van der Waals surface area contributed by atoms with Crippen LogP contribution in [0.1, 0.15) is 23.2 Å². The van der Waals surface area contributed by atoms with Gasteiger partial charge in [0, 0.05) is 17.9 Å². The molecule has 0 radical (unpaired) electrons. The predicted molar refractivity (Wildman–Crippen MR) is 68.4 cm³/mol. The minimum atomic E-state index is -0.0767. The Morgan fingerprint density at radius 1 is 1.50 bits per heavy atom. The van der Waals surface area contributed by atoms with Crippen LogP contribution in [-0.2, 0) is 0 Å². The van der Waals surface area contributed by atoms with Gasteiger partial charge in [-0.3, -0.25) is 4.79 Å². The second-order valence-corrected chi connectivity index (χ2v) is 4.19. The zero-order valence-electron chi connectivity index (χ0n) is 8.83. The molecule has 1 rings (SSSR count). The lowest BCUT2D eigenvalue weighted by molar-refractivity contribution is 0.0982. The molecule has 0 unspecified atom stereocenters. The highest BCUT2D eigenvalue weighted by molar-refractivity contribution is 7.80. The van der Waals surface area contributed by atoms with E-state index in [2.05, 4.69) is 0 Å². The lowest BCUT2D eigenvalue weighted by Crippen LogP contribution is -2.11. The lowest BCUT2D eigenvalue weighted by Gasteiger charge is -2.07. The van der Waals surface area contributed by atoms with Crippen LogP contribution in [0.4, 0.5) is 0 Å². The SMILES string of the molecule is COc1ccc(Cl)cc1C(=O)CCC(N)=S. The van der Waals surface area contributed by atoms with Crippen molar-refractivity contribution in [1.29, 1.82) is 0 Å². The molecule has 0 spiro atoms. The first kappa shape index (κ1) is 12.9. The Kier molecular flexibility index (Phi) is 4.71.